The van der Waals surface area contributed by atoms with Crippen molar-refractivity contribution in [1.29, 1.82) is 0 Å². The molecule has 3 heterocycles. The molecule has 2 fully saturated rings. The Morgan fingerprint density at radius 1 is 1.06 bits per heavy atom. The number of aryl methyl sites for hydroxylation is 1. The molecule has 1 amide bonds. The predicted molar refractivity (Wildman–Crippen MR) is 115 cm³/mol. The van der Waals surface area contributed by atoms with Crippen molar-refractivity contribution in [1.82, 2.24) is 20.4 Å². The van der Waals surface area contributed by atoms with Crippen molar-refractivity contribution in [2.75, 3.05) is 39.6 Å². The molecule has 1 N–H and O–H groups in total. The Kier molecular flexibility index (Phi) is 6.27. The fraction of sp³-hybridized carbons (Fsp3) is 0.609. The SMILES string of the molecule is O=C(CCc1nnc(-c2ccc3c(c2)OCO3)o1)NCC1(N2CCOCC2)CCCCC1. The van der Waals surface area contributed by atoms with E-state index < -0.39 is 0 Å². The van der Waals surface area contributed by atoms with Crippen molar-refractivity contribution in [3.63, 3.8) is 0 Å². The largest absolute Gasteiger partial charge is 0.454 e. The van der Waals surface area contributed by atoms with Crippen molar-refractivity contribution < 1.29 is 23.4 Å². The molecule has 172 valence electrons. The van der Waals surface area contributed by atoms with E-state index in [1.807, 2.05) is 18.2 Å². The third-order valence-corrected chi connectivity index (χ3v) is 6.73. The van der Waals surface area contributed by atoms with Gasteiger partial charge in [-0.1, -0.05) is 19.3 Å². The number of rotatable bonds is 7. The molecule has 32 heavy (non-hydrogen) atoms. The zero-order valence-electron chi connectivity index (χ0n) is 18.3. The van der Waals surface area contributed by atoms with Gasteiger partial charge >= 0.3 is 0 Å². The van der Waals surface area contributed by atoms with Crippen LogP contribution >= 0.6 is 0 Å². The maximum atomic E-state index is 12.6. The van der Waals surface area contributed by atoms with Gasteiger partial charge in [0.05, 0.1) is 13.2 Å². The fourth-order valence-electron chi connectivity index (χ4n) is 4.93. The second-order valence-corrected chi connectivity index (χ2v) is 8.73. The lowest BCUT2D eigenvalue weighted by Gasteiger charge is -2.48. The molecule has 3 aliphatic rings. The Balaban J connectivity index is 1.15. The first kappa shape index (κ1) is 21.2. The number of amides is 1. The first-order valence-corrected chi connectivity index (χ1v) is 11.5. The van der Waals surface area contributed by atoms with E-state index in [0.717, 1.165) is 44.7 Å². The van der Waals surface area contributed by atoms with E-state index in [2.05, 4.69) is 20.4 Å². The van der Waals surface area contributed by atoms with Gasteiger partial charge in [-0.3, -0.25) is 9.69 Å². The van der Waals surface area contributed by atoms with Crippen LogP contribution in [0.25, 0.3) is 11.5 Å². The molecule has 9 nitrogen and oxygen atoms in total. The molecule has 0 bridgehead atoms. The maximum Gasteiger partial charge on any atom is 0.247 e. The van der Waals surface area contributed by atoms with E-state index in [9.17, 15) is 4.79 Å². The van der Waals surface area contributed by atoms with Crippen molar-refractivity contribution in [2.24, 2.45) is 0 Å². The highest BCUT2D eigenvalue weighted by molar-refractivity contribution is 5.76. The molecular weight excluding hydrogens is 412 g/mol. The van der Waals surface area contributed by atoms with Crippen molar-refractivity contribution in [2.45, 2.75) is 50.5 Å². The van der Waals surface area contributed by atoms with Crippen LogP contribution < -0.4 is 14.8 Å². The molecule has 0 unspecified atom stereocenters. The normalized spacial score (nSPS) is 20.2. The molecule has 0 atom stereocenters. The second kappa shape index (κ2) is 9.46. The molecule has 1 saturated heterocycles. The summed E-state index contributed by atoms with van der Waals surface area (Å²) in [6, 6.07) is 5.50. The van der Waals surface area contributed by atoms with Crippen LogP contribution in [0.2, 0.25) is 0 Å². The molecule has 1 aromatic heterocycles. The van der Waals surface area contributed by atoms with Gasteiger partial charge in [-0.2, -0.15) is 0 Å². The number of fused-ring (bicyclic) bond motifs is 1. The quantitative estimate of drug-likeness (QED) is 0.699. The van der Waals surface area contributed by atoms with Gasteiger partial charge in [-0.25, -0.2) is 0 Å². The number of benzene rings is 1. The standard InChI is InChI=1S/C23H30N4O5/c28-20(24-15-23(8-2-1-3-9-23)27-10-12-29-13-11-27)6-7-21-25-26-22(32-21)17-4-5-18-19(14-17)31-16-30-18/h4-5,14H,1-3,6-13,15-16H2,(H,24,28). The van der Waals surface area contributed by atoms with Crippen LogP contribution in [0.15, 0.2) is 22.6 Å². The Hall–Kier alpha value is -2.65. The molecule has 9 heteroatoms. The summed E-state index contributed by atoms with van der Waals surface area (Å²) in [6.07, 6.45) is 6.72. The molecule has 5 rings (SSSR count). The van der Waals surface area contributed by atoms with Crippen molar-refractivity contribution in [3.05, 3.63) is 24.1 Å². The average molecular weight is 443 g/mol. The van der Waals surface area contributed by atoms with Gasteiger partial charge in [0.2, 0.25) is 24.5 Å². The molecule has 2 aliphatic heterocycles. The minimum atomic E-state index is 0.0195. The first-order chi connectivity index (χ1) is 15.7. The maximum absolute atomic E-state index is 12.6. The van der Waals surface area contributed by atoms with E-state index in [0.29, 0.717) is 42.7 Å². The van der Waals surface area contributed by atoms with E-state index in [1.54, 1.807) is 0 Å². The van der Waals surface area contributed by atoms with E-state index in [4.69, 9.17) is 18.6 Å². The number of carbonyl (C=O) groups is 1. The first-order valence-electron chi connectivity index (χ1n) is 11.5. The van der Waals surface area contributed by atoms with Crippen LogP contribution in [-0.2, 0) is 16.0 Å². The topological polar surface area (TPSA) is 99.0 Å². The van der Waals surface area contributed by atoms with Crippen molar-refractivity contribution in [3.8, 4) is 23.0 Å². The van der Waals surface area contributed by atoms with Gasteiger partial charge in [-0.05, 0) is 31.0 Å². The fourth-order valence-corrected chi connectivity index (χ4v) is 4.93. The zero-order valence-corrected chi connectivity index (χ0v) is 18.3. The van der Waals surface area contributed by atoms with Crippen LogP contribution in [0, 0.1) is 0 Å². The minimum absolute atomic E-state index is 0.0195. The molecule has 1 aromatic carbocycles. The summed E-state index contributed by atoms with van der Waals surface area (Å²) >= 11 is 0. The van der Waals surface area contributed by atoms with Crippen molar-refractivity contribution >= 4 is 5.91 Å². The number of hydrogen-bond acceptors (Lipinski definition) is 8. The van der Waals surface area contributed by atoms with Crippen LogP contribution in [-0.4, -0.2) is 66.2 Å². The number of morpholine rings is 1. The molecule has 0 spiro atoms. The lowest BCUT2D eigenvalue weighted by molar-refractivity contribution is -0.122. The minimum Gasteiger partial charge on any atom is -0.454 e. The van der Waals surface area contributed by atoms with Gasteiger partial charge in [-0.15, -0.1) is 10.2 Å². The third-order valence-electron chi connectivity index (χ3n) is 6.73. The zero-order chi connectivity index (χ0) is 21.8. The Morgan fingerprint density at radius 3 is 2.72 bits per heavy atom. The van der Waals surface area contributed by atoms with Crippen LogP contribution in [0.4, 0.5) is 0 Å². The molecule has 1 aliphatic carbocycles. The number of ether oxygens (including phenoxy) is 3. The lowest BCUT2D eigenvalue weighted by Crippen LogP contribution is -2.59. The summed E-state index contributed by atoms with van der Waals surface area (Å²) in [4.78, 5) is 15.1. The number of nitrogens with zero attached hydrogens (tertiary/aromatic N) is 3. The summed E-state index contributed by atoms with van der Waals surface area (Å²) in [5, 5.41) is 11.4. The van der Waals surface area contributed by atoms with E-state index in [-0.39, 0.29) is 18.2 Å². The number of hydrogen-bond donors (Lipinski definition) is 1. The highest BCUT2D eigenvalue weighted by atomic mass is 16.7. The highest BCUT2D eigenvalue weighted by Crippen LogP contribution is 2.36. The van der Waals surface area contributed by atoms with Crippen LogP contribution in [0.5, 0.6) is 11.5 Å². The predicted octanol–water partition coefficient (Wildman–Crippen LogP) is 2.55. The molecule has 1 saturated carbocycles. The smallest absolute Gasteiger partial charge is 0.247 e. The second-order valence-electron chi connectivity index (χ2n) is 8.73. The number of carbonyl (C=O) groups excluding carboxylic acids is 1. The van der Waals surface area contributed by atoms with Gasteiger partial charge in [0, 0.05) is 43.6 Å². The average Bonchev–Trinajstić information content (AvgIpc) is 3.52. The van der Waals surface area contributed by atoms with Gasteiger partial charge in [0.15, 0.2) is 11.5 Å². The van der Waals surface area contributed by atoms with Gasteiger partial charge in [0.1, 0.15) is 0 Å². The highest BCUT2D eigenvalue weighted by Gasteiger charge is 2.38. The van der Waals surface area contributed by atoms with Gasteiger partial charge in [0.25, 0.3) is 0 Å². The number of aromatic nitrogens is 2. The summed E-state index contributed by atoms with van der Waals surface area (Å²) in [6.45, 7) is 4.35. The van der Waals surface area contributed by atoms with Crippen LogP contribution in [0.1, 0.15) is 44.4 Å². The molecule has 2 aromatic rings. The third kappa shape index (κ3) is 4.59. The van der Waals surface area contributed by atoms with E-state index in [1.165, 1.54) is 19.3 Å². The summed E-state index contributed by atoms with van der Waals surface area (Å²) < 4.78 is 22.0. The summed E-state index contributed by atoms with van der Waals surface area (Å²) in [5.41, 5.74) is 0.830. The number of nitrogens with one attached hydrogen (secondary N) is 1. The summed E-state index contributed by atoms with van der Waals surface area (Å²) in [5.74, 6) is 2.25. The Bertz CT molecular complexity index is 934. The Labute approximate surface area is 187 Å². The summed E-state index contributed by atoms with van der Waals surface area (Å²) in [7, 11) is 0. The van der Waals surface area contributed by atoms with Crippen LogP contribution in [0.3, 0.4) is 0 Å². The van der Waals surface area contributed by atoms with Gasteiger partial charge < -0.3 is 23.9 Å². The molecule has 0 radical (unpaired) electrons. The lowest BCUT2D eigenvalue weighted by atomic mass is 9.79. The molecular formula is C23H30N4O5. The monoisotopic (exact) mass is 442 g/mol. The van der Waals surface area contributed by atoms with E-state index >= 15 is 0 Å². The Morgan fingerprint density at radius 2 is 1.88 bits per heavy atom.